The van der Waals surface area contributed by atoms with E-state index in [4.69, 9.17) is 8.85 Å². The van der Waals surface area contributed by atoms with Crippen molar-refractivity contribution in [3.63, 3.8) is 0 Å². The first-order valence-electron chi connectivity index (χ1n) is 7.27. The van der Waals surface area contributed by atoms with Gasteiger partial charge in [0.05, 0.1) is 6.17 Å². The summed E-state index contributed by atoms with van der Waals surface area (Å²) >= 11 is 0. The number of hydrogen-bond acceptors (Lipinski definition) is 4. The number of rotatable bonds is 7. The van der Waals surface area contributed by atoms with Crippen LogP contribution >= 0.6 is 0 Å². The molecular weight excluding hydrogens is 369 g/mol. The minimum atomic E-state index is -3.98. The third-order valence-electron chi connectivity index (χ3n) is 2.75. The van der Waals surface area contributed by atoms with E-state index in [2.05, 4.69) is 0 Å². The van der Waals surface area contributed by atoms with Crippen molar-refractivity contribution in [3.05, 3.63) is 34.6 Å². The molecule has 11 heteroatoms. The van der Waals surface area contributed by atoms with Gasteiger partial charge in [0.25, 0.3) is 5.91 Å². The normalized spacial score (nSPS) is 12.2. The molecule has 2 N–H and O–H groups in total. The molecule has 0 heterocycles. The van der Waals surface area contributed by atoms with Crippen molar-refractivity contribution in [1.29, 1.82) is 0 Å². The molecule has 0 spiro atoms. The lowest BCUT2D eigenvalue weighted by Crippen LogP contribution is -2.55. The van der Waals surface area contributed by atoms with Gasteiger partial charge in [-0.05, 0) is 27.7 Å². The number of hydrogen-bond donors (Lipinski definition) is 2. The molecule has 0 saturated carbocycles. The Bertz CT molecular complexity index is 618. The molecule has 0 bridgehead atoms. The van der Waals surface area contributed by atoms with E-state index in [1.54, 1.807) is 27.7 Å². The van der Waals surface area contributed by atoms with Crippen LogP contribution < -0.4 is 5.32 Å². The Balaban J connectivity index is 3.06. The standard InChI is InChI=1S/C14H18F5NO4Si/c1-6(2)23-25(22,24-7(3)4)5-20-14(21)8-9(15)11(17)13(19)12(18)10(8)16/h6-7,22H,5H2,1-4H3,(H,20,21). The lowest BCUT2D eigenvalue weighted by molar-refractivity contribution is 0.0456. The van der Waals surface area contributed by atoms with Crippen molar-refractivity contribution in [1.82, 2.24) is 5.32 Å². The highest BCUT2D eigenvalue weighted by molar-refractivity contribution is 6.59. The molecule has 1 aromatic carbocycles. The van der Waals surface area contributed by atoms with Crippen molar-refractivity contribution in [2.45, 2.75) is 39.9 Å². The summed E-state index contributed by atoms with van der Waals surface area (Å²) in [4.78, 5) is 22.2. The van der Waals surface area contributed by atoms with Crippen LogP contribution in [-0.2, 0) is 8.85 Å². The largest absolute Gasteiger partial charge is 0.518 e. The fourth-order valence-electron chi connectivity index (χ4n) is 1.93. The van der Waals surface area contributed by atoms with Gasteiger partial charge in [0.1, 0.15) is 5.56 Å². The molecule has 0 aliphatic rings. The zero-order chi connectivity index (χ0) is 19.5. The second-order valence-corrected chi connectivity index (χ2v) is 7.92. The van der Waals surface area contributed by atoms with Crippen molar-refractivity contribution in [2.75, 3.05) is 6.17 Å². The maximum absolute atomic E-state index is 13.6. The Hall–Kier alpha value is -1.56. The molecule has 0 aliphatic heterocycles. The van der Waals surface area contributed by atoms with E-state index in [-0.39, 0.29) is 0 Å². The molecule has 1 rings (SSSR count). The van der Waals surface area contributed by atoms with Crippen LogP contribution in [-0.4, -0.2) is 37.9 Å². The Labute approximate surface area is 142 Å². The molecule has 1 aromatic rings. The van der Waals surface area contributed by atoms with E-state index < -0.39 is 67.7 Å². The molecule has 0 atom stereocenters. The van der Waals surface area contributed by atoms with Crippen molar-refractivity contribution >= 4 is 14.7 Å². The predicted molar refractivity (Wildman–Crippen MR) is 79.0 cm³/mol. The van der Waals surface area contributed by atoms with E-state index in [9.17, 15) is 31.5 Å². The monoisotopic (exact) mass is 387 g/mol. The fourth-order valence-corrected chi connectivity index (χ4v) is 4.01. The first-order valence-corrected chi connectivity index (χ1v) is 9.24. The third-order valence-corrected chi connectivity index (χ3v) is 5.05. The van der Waals surface area contributed by atoms with Crippen LogP contribution in [0.1, 0.15) is 38.1 Å². The van der Waals surface area contributed by atoms with Gasteiger partial charge < -0.3 is 19.0 Å². The van der Waals surface area contributed by atoms with Gasteiger partial charge in [0.2, 0.25) is 5.82 Å². The zero-order valence-electron chi connectivity index (χ0n) is 13.9. The minimum Gasteiger partial charge on any atom is -0.389 e. The Morgan fingerprint density at radius 3 is 1.64 bits per heavy atom. The molecule has 0 radical (unpaired) electrons. The van der Waals surface area contributed by atoms with Gasteiger partial charge in [-0.15, -0.1) is 0 Å². The summed E-state index contributed by atoms with van der Waals surface area (Å²) in [6, 6.07) is 0. The molecule has 0 aromatic heterocycles. The summed E-state index contributed by atoms with van der Waals surface area (Å²) in [7, 11) is -3.98. The molecule has 0 unspecified atom stereocenters. The van der Waals surface area contributed by atoms with E-state index in [0.29, 0.717) is 0 Å². The lowest BCUT2D eigenvalue weighted by Gasteiger charge is -2.28. The van der Waals surface area contributed by atoms with Gasteiger partial charge in [-0.2, -0.15) is 0 Å². The Morgan fingerprint density at radius 2 is 1.28 bits per heavy atom. The molecule has 0 aliphatic carbocycles. The Kier molecular flexibility index (Phi) is 7.05. The van der Waals surface area contributed by atoms with Crippen molar-refractivity contribution in [3.8, 4) is 0 Å². The van der Waals surface area contributed by atoms with Crippen LogP contribution in [0.5, 0.6) is 0 Å². The molecule has 0 saturated heterocycles. The first kappa shape index (κ1) is 21.5. The lowest BCUT2D eigenvalue weighted by atomic mass is 10.1. The van der Waals surface area contributed by atoms with Crippen LogP contribution in [0.4, 0.5) is 22.0 Å². The maximum atomic E-state index is 13.6. The van der Waals surface area contributed by atoms with Gasteiger partial charge in [-0.25, -0.2) is 22.0 Å². The smallest absolute Gasteiger partial charge is 0.389 e. The second kappa shape index (κ2) is 8.21. The maximum Gasteiger partial charge on any atom is 0.518 e. The van der Waals surface area contributed by atoms with Crippen LogP contribution in [0, 0.1) is 29.1 Å². The summed E-state index contributed by atoms with van der Waals surface area (Å²) in [6.45, 7) is 6.31. The van der Waals surface area contributed by atoms with Crippen molar-refractivity contribution in [2.24, 2.45) is 0 Å². The molecule has 25 heavy (non-hydrogen) atoms. The Morgan fingerprint density at radius 1 is 0.920 bits per heavy atom. The molecular formula is C14H18F5NO4Si. The predicted octanol–water partition coefficient (Wildman–Crippen LogP) is 2.43. The number of carbonyl (C=O) groups excluding carboxylic acids is 1. The molecule has 5 nitrogen and oxygen atoms in total. The zero-order valence-corrected chi connectivity index (χ0v) is 14.9. The van der Waals surface area contributed by atoms with E-state index >= 15 is 0 Å². The summed E-state index contributed by atoms with van der Waals surface area (Å²) in [5.74, 6) is -13.0. The number of benzene rings is 1. The summed E-state index contributed by atoms with van der Waals surface area (Å²) < 4.78 is 76.9. The van der Waals surface area contributed by atoms with E-state index in [1.165, 1.54) is 0 Å². The highest BCUT2D eigenvalue weighted by atomic mass is 28.4. The number of nitrogens with one attached hydrogen (secondary N) is 1. The van der Waals surface area contributed by atoms with Crippen LogP contribution in [0.2, 0.25) is 0 Å². The van der Waals surface area contributed by atoms with E-state index in [0.717, 1.165) is 0 Å². The average molecular weight is 387 g/mol. The molecule has 142 valence electrons. The van der Waals surface area contributed by atoms with Gasteiger partial charge in [-0.3, -0.25) is 4.79 Å². The van der Waals surface area contributed by atoms with Crippen LogP contribution in [0.3, 0.4) is 0 Å². The van der Waals surface area contributed by atoms with Gasteiger partial charge in [-0.1, -0.05) is 0 Å². The summed E-state index contributed by atoms with van der Waals surface area (Å²) in [6.07, 6.45) is -1.68. The minimum absolute atomic E-state index is 0.499. The topological polar surface area (TPSA) is 67.8 Å². The van der Waals surface area contributed by atoms with Gasteiger partial charge in [0, 0.05) is 12.2 Å². The summed E-state index contributed by atoms with van der Waals surface area (Å²) in [5, 5.41) is 1.89. The second-order valence-electron chi connectivity index (χ2n) is 5.67. The third kappa shape index (κ3) is 5.20. The van der Waals surface area contributed by atoms with Crippen molar-refractivity contribution < 1.29 is 40.4 Å². The number of halogens is 5. The average Bonchev–Trinajstić information content (AvgIpc) is 2.47. The molecule has 1 amide bonds. The van der Waals surface area contributed by atoms with Crippen LogP contribution in [0.15, 0.2) is 0 Å². The highest BCUT2D eigenvalue weighted by Gasteiger charge is 2.40. The summed E-state index contributed by atoms with van der Waals surface area (Å²) in [5.41, 5.74) is -1.65. The fraction of sp³-hybridized carbons (Fsp3) is 0.500. The quantitative estimate of drug-likeness (QED) is 0.326. The molecule has 0 fully saturated rings. The van der Waals surface area contributed by atoms with Gasteiger partial charge >= 0.3 is 8.80 Å². The SMILES string of the molecule is CC(C)O[Si](O)(CNC(=O)c1c(F)c(F)c(F)c(F)c1F)OC(C)C. The first-order chi connectivity index (χ1) is 11.4. The number of carbonyl (C=O) groups is 1. The number of amides is 1. The van der Waals surface area contributed by atoms with E-state index in [1.807, 2.05) is 5.32 Å². The highest BCUT2D eigenvalue weighted by Crippen LogP contribution is 2.23. The van der Waals surface area contributed by atoms with Gasteiger partial charge in [0.15, 0.2) is 23.3 Å². The van der Waals surface area contributed by atoms with Crippen LogP contribution in [0.25, 0.3) is 0 Å².